The Morgan fingerprint density at radius 2 is 1.81 bits per heavy atom. The molecule has 6 nitrogen and oxygen atoms in total. The number of carboxylic acid groups (broad SMARTS) is 1. The summed E-state index contributed by atoms with van der Waals surface area (Å²) in [6.45, 7) is 0.113. The van der Waals surface area contributed by atoms with Crippen LogP contribution in [0.2, 0.25) is 0 Å². The molecule has 21 heavy (non-hydrogen) atoms. The molecule has 2 N–H and O–H groups in total. The lowest BCUT2D eigenvalue weighted by atomic mass is 9.69. The van der Waals surface area contributed by atoms with Crippen molar-refractivity contribution in [2.75, 3.05) is 20.8 Å². The number of rotatable bonds is 6. The van der Waals surface area contributed by atoms with E-state index in [1.165, 1.54) is 14.2 Å². The number of amides is 1. The average Bonchev–Trinajstić information content (AvgIpc) is 2.44. The molecule has 1 aliphatic carbocycles. The summed E-state index contributed by atoms with van der Waals surface area (Å²) < 4.78 is 10.3. The second-order valence-electron chi connectivity index (χ2n) is 5.16. The van der Waals surface area contributed by atoms with Crippen molar-refractivity contribution in [1.82, 2.24) is 5.32 Å². The van der Waals surface area contributed by atoms with Crippen molar-refractivity contribution >= 4 is 11.9 Å². The van der Waals surface area contributed by atoms with E-state index in [4.69, 9.17) is 9.47 Å². The summed E-state index contributed by atoms with van der Waals surface area (Å²) in [6.07, 6.45) is 2.05. The Hall–Kier alpha value is -2.24. The molecule has 0 atom stereocenters. The zero-order chi connectivity index (χ0) is 15.5. The number of carboxylic acids is 1. The third-order valence-electron chi connectivity index (χ3n) is 4.01. The minimum absolute atomic E-state index is 0.113. The average molecular weight is 293 g/mol. The van der Waals surface area contributed by atoms with Gasteiger partial charge in [0.15, 0.2) is 0 Å². The van der Waals surface area contributed by atoms with E-state index >= 15 is 0 Å². The Bertz CT molecular complexity index is 529. The molecule has 0 saturated heterocycles. The lowest BCUT2D eigenvalue weighted by Crippen LogP contribution is -2.47. The van der Waals surface area contributed by atoms with Crippen LogP contribution in [-0.4, -0.2) is 37.7 Å². The standard InChI is InChI=1S/C15H19NO5/c1-20-10-5-3-6-11(21-2)12(10)13(17)16-9-15(14(18)19)7-4-8-15/h3,5-6H,4,7-9H2,1-2H3,(H,16,17)(H,18,19). The Kier molecular flexibility index (Phi) is 4.35. The van der Waals surface area contributed by atoms with Crippen LogP contribution in [0.4, 0.5) is 0 Å². The highest BCUT2D eigenvalue weighted by atomic mass is 16.5. The number of ether oxygens (including phenoxy) is 2. The van der Waals surface area contributed by atoms with Gasteiger partial charge >= 0.3 is 5.97 Å². The van der Waals surface area contributed by atoms with Crippen molar-refractivity contribution in [2.45, 2.75) is 19.3 Å². The minimum Gasteiger partial charge on any atom is -0.496 e. The van der Waals surface area contributed by atoms with Crippen LogP contribution in [0, 0.1) is 5.41 Å². The highest BCUT2D eigenvalue weighted by Crippen LogP contribution is 2.40. The summed E-state index contributed by atoms with van der Waals surface area (Å²) >= 11 is 0. The molecule has 0 bridgehead atoms. The Morgan fingerprint density at radius 1 is 1.24 bits per heavy atom. The van der Waals surface area contributed by atoms with Crippen molar-refractivity contribution < 1.29 is 24.2 Å². The van der Waals surface area contributed by atoms with Gasteiger partial charge in [-0.1, -0.05) is 12.5 Å². The summed E-state index contributed by atoms with van der Waals surface area (Å²) in [4.78, 5) is 23.6. The van der Waals surface area contributed by atoms with Gasteiger partial charge in [0.1, 0.15) is 17.1 Å². The van der Waals surface area contributed by atoms with E-state index in [1.54, 1.807) is 18.2 Å². The lowest BCUT2D eigenvalue weighted by molar-refractivity contribution is -0.153. The number of aliphatic carboxylic acids is 1. The quantitative estimate of drug-likeness (QED) is 0.833. The molecule has 6 heteroatoms. The van der Waals surface area contributed by atoms with Gasteiger partial charge in [-0.05, 0) is 25.0 Å². The Morgan fingerprint density at radius 3 is 2.19 bits per heavy atom. The van der Waals surface area contributed by atoms with Crippen LogP contribution in [0.1, 0.15) is 29.6 Å². The number of hydrogen-bond acceptors (Lipinski definition) is 4. The third-order valence-corrected chi connectivity index (χ3v) is 4.01. The predicted octanol–water partition coefficient (Wildman–Crippen LogP) is 1.69. The second kappa shape index (κ2) is 6.03. The first-order chi connectivity index (χ1) is 10.0. The number of hydrogen-bond donors (Lipinski definition) is 2. The van der Waals surface area contributed by atoms with Crippen molar-refractivity contribution in [1.29, 1.82) is 0 Å². The van der Waals surface area contributed by atoms with Crippen molar-refractivity contribution in [3.05, 3.63) is 23.8 Å². The number of carbonyl (C=O) groups excluding carboxylic acids is 1. The zero-order valence-corrected chi connectivity index (χ0v) is 12.1. The van der Waals surface area contributed by atoms with Crippen LogP contribution in [0.25, 0.3) is 0 Å². The molecule has 2 rings (SSSR count). The number of nitrogens with one attached hydrogen (secondary N) is 1. The highest BCUT2D eigenvalue weighted by Gasteiger charge is 2.44. The fraction of sp³-hybridized carbons (Fsp3) is 0.467. The first-order valence-electron chi connectivity index (χ1n) is 6.76. The Balaban J connectivity index is 2.15. The third kappa shape index (κ3) is 2.79. The van der Waals surface area contributed by atoms with Gasteiger partial charge in [0.25, 0.3) is 5.91 Å². The van der Waals surface area contributed by atoms with Crippen LogP contribution in [0.15, 0.2) is 18.2 Å². The van der Waals surface area contributed by atoms with Crippen LogP contribution >= 0.6 is 0 Å². The molecule has 0 spiro atoms. The van der Waals surface area contributed by atoms with Gasteiger partial charge in [0.2, 0.25) is 0 Å². The van der Waals surface area contributed by atoms with E-state index in [-0.39, 0.29) is 12.1 Å². The molecule has 0 heterocycles. The number of benzene rings is 1. The fourth-order valence-electron chi connectivity index (χ4n) is 2.48. The predicted molar refractivity (Wildman–Crippen MR) is 75.8 cm³/mol. The maximum absolute atomic E-state index is 12.3. The molecule has 0 radical (unpaired) electrons. The summed E-state index contributed by atoms with van der Waals surface area (Å²) in [5.41, 5.74) is -0.548. The summed E-state index contributed by atoms with van der Waals surface area (Å²) in [5.74, 6) is -0.465. The Labute approximate surface area is 123 Å². The van der Waals surface area contributed by atoms with Crippen molar-refractivity contribution in [3.8, 4) is 11.5 Å². The number of carbonyl (C=O) groups is 2. The van der Waals surface area contributed by atoms with Crippen LogP contribution in [-0.2, 0) is 4.79 Å². The van der Waals surface area contributed by atoms with Gasteiger partial charge in [-0.2, -0.15) is 0 Å². The van der Waals surface area contributed by atoms with Crippen LogP contribution in [0.3, 0.4) is 0 Å². The summed E-state index contributed by atoms with van der Waals surface area (Å²) in [7, 11) is 2.94. The largest absolute Gasteiger partial charge is 0.496 e. The molecular weight excluding hydrogens is 274 g/mol. The minimum atomic E-state index is -0.860. The molecular formula is C15H19NO5. The van der Waals surface area contributed by atoms with Crippen LogP contribution in [0.5, 0.6) is 11.5 Å². The van der Waals surface area contributed by atoms with E-state index in [0.29, 0.717) is 24.3 Å². The summed E-state index contributed by atoms with van der Waals surface area (Å²) in [5, 5.41) is 12.0. The van der Waals surface area contributed by atoms with Gasteiger partial charge in [0, 0.05) is 6.54 Å². The van der Waals surface area contributed by atoms with Gasteiger partial charge in [-0.3, -0.25) is 9.59 Å². The molecule has 0 aliphatic heterocycles. The molecule has 0 aromatic heterocycles. The van der Waals surface area contributed by atoms with E-state index in [2.05, 4.69) is 5.32 Å². The SMILES string of the molecule is COc1cccc(OC)c1C(=O)NCC1(C(=O)O)CCC1. The van der Waals surface area contributed by atoms with Crippen molar-refractivity contribution in [2.24, 2.45) is 5.41 Å². The molecule has 1 fully saturated rings. The van der Waals surface area contributed by atoms with Crippen LogP contribution < -0.4 is 14.8 Å². The van der Waals surface area contributed by atoms with E-state index < -0.39 is 17.3 Å². The molecule has 114 valence electrons. The smallest absolute Gasteiger partial charge is 0.311 e. The molecule has 1 aromatic carbocycles. The van der Waals surface area contributed by atoms with Gasteiger partial charge in [0.05, 0.1) is 19.6 Å². The van der Waals surface area contributed by atoms with Crippen molar-refractivity contribution in [3.63, 3.8) is 0 Å². The van der Waals surface area contributed by atoms with E-state index in [9.17, 15) is 14.7 Å². The molecule has 1 amide bonds. The number of methoxy groups -OCH3 is 2. The highest BCUT2D eigenvalue weighted by molar-refractivity contribution is 6.00. The maximum atomic E-state index is 12.3. The fourth-order valence-corrected chi connectivity index (χ4v) is 2.48. The van der Waals surface area contributed by atoms with Gasteiger partial charge in [-0.15, -0.1) is 0 Å². The van der Waals surface area contributed by atoms with Gasteiger partial charge < -0.3 is 19.9 Å². The van der Waals surface area contributed by atoms with Gasteiger partial charge in [-0.25, -0.2) is 0 Å². The first kappa shape index (κ1) is 15.2. The molecule has 1 saturated carbocycles. The zero-order valence-electron chi connectivity index (χ0n) is 12.1. The maximum Gasteiger partial charge on any atom is 0.311 e. The first-order valence-corrected chi connectivity index (χ1v) is 6.76. The molecule has 0 unspecified atom stereocenters. The monoisotopic (exact) mass is 293 g/mol. The normalized spacial score (nSPS) is 15.7. The molecule has 1 aliphatic rings. The summed E-state index contributed by atoms with van der Waals surface area (Å²) in [6, 6.07) is 5.04. The van der Waals surface area contributed by atoms with E-state index in [0.717, 1.165) is 6.42 Å². The molecule has 1 aromatic rings. The lowest BCUT2D eigenvalue weighted by Gasteiger charge is -2.37. The van der Waals surface area contributed by atoms with E-state index in [1.807, 2.05) is 0 Å². The second-order valence-corrected chi connectivity index (χ2v) is 5.16. The topological polar surface area (TPSA) is 84.9 Å².